The minimum Gasteiger partial charge on any atom is -0.465 e. The van der Waals surface area contributed by atoms with Crippen LogP contribution >= 0.6 is 11.3 Å². The van der Waals surface area contributed by atoms with Crippen LogP contribution in [0.25, 0.3) is 0 Å². The maximum absolute atomic E-state index is 12.7. The molecule has 3 unspecified atom stereocenters. The van der Waals surface area contributed by atoms with Crippen LogP contribution in [0.2, 0.25) is 0 Å². The average Bonchev–Trinajstić information content (AvgIpc) is 3.40. The zero-order valence-electron chi connectivity index (χ0n) is 19.2. The second kappa shape index (κ2) is 11.6. The van der Waals surface area contributed by atoms with Crippen molar-refractivity contribution in [2.75, 3.05) is 7.11 Å². The van der Waals surface area contributed by atoms with Gasteiger partial charge in [0.2, 0.25) is 0 Å². The maximum Gasteiger partial charge on any atom is 0.348 e. The molecule has 0 aliphatic heterocycles. The van der Waals surface area contributed by atoms with Gasteiger partial charge in [-0.05, 0) is 67.2 Å². The van der Waals surface area contributed by atoms with Crippen molar-refractivity contribution in [3.8, 4) is 0 Å². The molecule has 0 spiro atoms. The lowest BCUT2D eigenvalue weighted by Crippen LogP contribution is -2.13. The highest BCUT2D eigenvalue weighted by atomic mass is 32.1. The molecule has 1 aliphatic carbocycles. The summed E-state index contributed by atoms with van der Waals surface area (Å²) in [5.74, 6) is 1.20. The first-order valence-corrected chi connectivity index (χ1v) is 12.6. The lowest BCUT2D eigenvalue weighted by Gasteiger charge is -2.20. The molecular weight excluding hydrogens is 404 g/mol. The third kappa shape index (κ3) is 6.29. The number of aryl methyl sites for hydroxylation is 1. The third-order valence-corrected chi connectivity index (χ3v) is 7.86. The summed E-state index contributed by atoms with van der Waals surface area (Å²) in [6, 6.07) is 12.8. The van der Waals surface area contributed by atoms with E-state index in [4.69, 9.17) is 4.74 Å². The molecule has 168 valence electrons. The Morgan fingerprint density at radius 2 is 1.90 bits per heavy atom. The summed E-state index contributed by atoms with van der Waals surface area (Å²) in [7, 11) is 1.42. The van der Waals surface area contributed by atoms with Crippen molar-refractivity contribution in [1.29, 1.82) is 0 Å². The van der Waals surface area contributed by atoms with Gasteiger partial charge in [0.15, 0.2) is 0 Å². The molecule has 0 radical (unpaired) electrons. The van der Waals surface area contributed by atoms with Crippen molar-refractivity contribution in [2.45, 2.75) is 83.5 Å². The molecular formula is C27H36O3S. The molecule has 1 fully saturated rings. The number of unbranched alkanes of at least 4 members (excludes halogenated alkanes) is 2. The second-order valence-corrected chi connectivity index (χ2v) is 10.1. The van der Waals surface area contributed by atoms with Gasteiger partial charge in [-0.2, -0.15) is 0 Å². The van der Waals surface area contributed by atoms with Crippen LogP contribution in [-0.4, -0.2) is 18.9 Å². The van der Waals surface area contributed by atoms with Crippen LogP contribution in [0.3, 0.4) is 0 Å². The maximum atomic E-state index is 12.7. The van der Waals surface area contributed by atoms with E-state index in [1.807, 2.05) is 12.1 Å². The van der Waals surface area contributed by atoms with Gasteiger partial charge in [0, 0.05) is 17.2 Å². The van der Waals surface area contributed by atoms with E-state index in [9.17, 15) is 9.59 Å². The molecule has 0 amide bonds. The lowest BCUT2D eigenvalue weighted by molar-refractivity contribution is -0.119. The Kier molecular flexibility index (Phi) is 8.89. The number of methoxy groups -OCH3 is 1. The summed E-state index contributed by atoms with van der Waals surface area (Å²) in [5.41, 5.74) is 2.59. The monoisotopic (exact) mass is 440 g/mol. The van der Waals surface area contributed by atoms with Gasteiger partial charge >= 0.3 is 5.97 Å². The van der Waals surface area contributed by atoms with Crippen LogP contribution in [0.1, 0.15) is 103 Å². The first-order chi connectivity index (χ1) is 15.0. The fraction of sp³-hybridized carbons (Fsp3) is 0.556. The number of ketones is 1. The Hall–Kier alpha value is -1.94. The molecule has 1 heterocycles. The number of benzene rings is 1. The second-order valence-electron chi connectivity index (χ2n) is 8.96. The van der Waals surface area contributed by atoms with E-state index < -0.39 is 0 Å². The smallest absolute Gasteiger partial charge is 0.348 e. The highest BCUT2D eigenvalue weighted by molar-refractivity contribution is 7.13. The predicted octanol–water partition coefficient (Wildman–Crippen LogP) is 7.30. The number of hydrogen-bond donors (Lipinski definition) is 0. The number of esters is 1. The normalized spacial score (nSPS) is 19.5. The van der Waals surface area contributed by atoms with E-state index in [1.165, 1.54) is 60.1 Å². The predicted molar refractivity (Wildman–Crippen MR) is 128 cm³/mol. The summed E-state index contributed by atoms with van der Waals surface area (Å²) < 4.78 is 4.79. The van der Waals surface area contributed by atoms with E-state index in [2.05, 4.69) is 38.1 Å². The van der Waals surface area contributed by atoms with Crippen LogP contribution in [0.5, 0.6) is 0 Å². The Morgan fingerprint density at radius 3 is 2.61 bits per heavy atom. The van der Waals surface area contributed by atoms with Crippen LogP contribution in [-0.2, 0) is 16.0 Å². The van der Waals surface area contributed by atoms with Gasteiger partial charge in [0.1, 0.15) is 10.7 Å². The summed E-state index contributed by atoms with van der Waals surface area (Å²) in [6.45, 7) is 4.55. The number of carbonyl (C=O) groups is 2. The highest BCUT2D eigenvalue weighted by Gasteiger charge is 2.35. The molecule has 0 N–H and O–H groups in total. The Morgan fingerprint density at radius 1 is 1.13 bits per heavy atom. The van der Waals surface area contributed by atoms with Crippen molar-refractivity contribution in [1.82, 2.24) is 0 Å². The van der Waals surface area contributed by atoms with Gasteiger partial charge in [-0.1, -0.05) is 57.4 Å². The quantitative estimate of drug-likeness (QED) is 0.272. The molecule has 3 nitrogen and oxygen atoms in total. The van der Waals surface area contributed by atoms with Gasteiger partial charge in [0.05, 0.1) is 7.11 Å². The van der Waals surface area contributed by atoms with E-state index in [-0.39, 0.29) is 11.9 Å². The van der Waals surface area contributed by atoms with Crippen molar-refractivity contribution in [3.05, 3.63) is 57.3 Å². The Labute approximate surface area is 191 Å². The molecule has 0 bridgehead atoms. The number of Topliss-reactive ketones (excluding diaryl/α,β-unsaturated/α-hetero) is 1. The number of hydrogen-bond acceptors (Lipinski definition) is 4. The molecule has 1 saturated carbocycles. The Bertz CT molecular complexity index is 852. The van der Waals surface area contributed by atoms with E-state index in [0.717, 1.165) is 25.7 Å². The topological polar surface area (TPSA) is 43.4 Å². The van der Waals surface area contributed by atoms with E-state index in [1.54, 1.807) is 0 Å². The highest BCUT2D eigenvalue weighted by Crippen LogP contribution is 2.40. The fourth-order valence-corrected chi connectivity index (χ4v) is 5.81. The first-order valence-electron chi connectivity index (χ1n) is 11.8. The third-order valence-electron chi connectivity index (χ3n) is 6.73. The summed E-state index contributed by atoms with van der Waals surface area (Å²) in [4.78, 5) is 26.2. The summed E-state index contributed by atoms with van der Waals surface area (Å²) >= 11 is 1.52. The van der Waals surface area contributed by atoms with Gasteiger partial charge in [-0.15, -0.1) is 11.3 Å². The van der Waals surface area contributed by atoms with Gasteiger partial charge in [0.25, 0.3) is 0 Å². The van der Waals surface area contributed by atoms with Crippen LogP contribution in [0.15, 0.2) is 36.4 Å². The number of carbonyl (C=O) groups excluding carboxylic acids is 2. The zero-order valence-corrected chi connectivity index (χ0v) is 20.0. The Balaban J connectivity index is 1.55. The lowest BCUT2D eigenvalue weighted by atomic mass is 9.84. The fourth-order valence-electron chi connectivity index (χ4n) is 4.84. The molecule has 3 atom stereocenters. The molecule has 31 heavy (non-hydrogen) atoms. The average molecular weight is 441 g/mol. The number of rotatable bonds is 11. The zero-order chi connectivity index (χ0) is 22.2. The van der Waals surface area contributed by atoms with Crippen molar-refractivity contribution < 1.29 is 14.3 Å². The minimum absolute atomic E-state index is 0.0541. The standard InChI is InChI=1S/C27H36O3S/c1-4-5-6-8-19(2)20-11-13-22(14-12-20)26-21(15-17-24(26)28)9-7-10-23-16-18-25(31-23)27(29)30-3/h11-14,16,18-19,21,26H,4-10,15,17H2,1-3H3. The van der Waals surface area contributed by atoms with Crippen LogP contribution in [0.4, 0.5) is 0 Å². The number of ether oxygens (including phenoxy) is 1. The molecule has 4 heteroatoms. The SMILES string of the molecule is CCCCCC(C)c1ccc(C2C(=O)CCC2CCCc2ccc(C(=O)OC)s2)cc1. The summed E-state index contributed by atoms with van der Waals surface area (Å²) in [6.07, 6.45) is 9.83. The first kappa shape index (κ1) is 23.7. The molecule has 2 aromatic rings. The molecule has 1 aromatic carbocycles. The number of thiophene rings is 1. The molecule has 3 rings (SSSR count). The van der Waals surface area contributed by atoms with Crippen LogP contribution in [0, 0.1) is 5.92 Å². The van der Waals surface area contributed by atoms with Gasteiger partial charge in [-0.3, -0.25) is 4.79 Å². The summed E-state index contributed by atoms with van der Waals surface area (Å²) in [5, 5.41) is 0. The van der Waals surface area contributed by atoms with Crippen LogP contribution < -0.4 is 0 Å². The van der Waals surface area contributed by atoms with E-state index >= 15 is 0 Å². The minimum atomic E-state index is -0.263. The largest absolute Gasteiger partial charge is 0.465 e. The van der Waals surface area contributed by atoms with Crippen molar-refractivity contribution in [3.63, 3.8) is 0 Å². The molecule has 0 saturated heterocycles. The van der Waals surface area contributed by atoms with E-state index in [0.29, 0.717) is 28.9 Å². The van der Waals surface area contributed by atoms with Crippen molar-refractivity contribution in [2.24, 2.45) is 5.92 Å². The molecule has 1 aromatic heterocycles. The van der Waals surface area contributed by atoms with Crippen molar-refractivity contribution >= 4 is 23.1 Å². The van der Waals surface area contributed by atoms with Gasteiger partial charge < -0.3 is 4.74 Å². The molecule has 1 aliphatic rings. The van der Waals surface area contributed by atoms with Gasteiger partial charge in [-0.25, -0.2) is 4.79 Å².